The van der Waals surface area contributed by atoms with Gasteiger partial charge in [0, 0.05) is 5.54 Å². The summed E-state index contributed by atoms with van der Waals surface area (Å²) in [7, 11) is 0. The lowest BCUT2D eigenvalue weighted by atomic mass is 9.78. The Morgan fingerprint density at radius 1 is 0.909 bits per heavy atom. The van der Waals surface area contributed by atoms with Gasteiger partial charge in [0.05, 0.1) is 5.60 Å². The van der Waals surface area contributed by atoms with Crippen LogP contribution in [-0.2, 0) is 0 Å². The summed E-state index contributed by atoms with van der Waals surface area (Å²) in [5.41, 5.74) is 5.32. The van der Waals surface area contributed by atoms with E-state index in [0.717, 1.165) is 38.5 Å². The van der Waals surface area contributed by atoms with E-state index in [1.54, 1.807) is 0 Å². The number of aliphatic hydroxyl groups is 1. The fourth-order valence-corrected chi connectivity index (χ4v) is 2.23. The lowest BCUT2D eigenvalue weighted by molar-refractivity contribution is -0.0287. The summed E-state index contributed by atoms with van der Waals surface area (Å²) in [5, 5.41) is 10.1. The molecule has 0 amide bonds. The Hall–Kier alpha value is -0.0800. The molecule has 0 saturated heterocycles. The Balaban J connectivity index is 2.07. The molecule has 2 fully saturated rings. The van der Waals surface area contributed by atoms with Gasteiger partial charge < -0.3 is 10.8 Å². The highest BCUT2D eigenvalue weighted by Gasteiger charge is 2.55. The molecule has 0 radical (unpaired) electrons. The van der Waals surface area contributed by atoms with Crippen LogP contribution in [0.1, 0.15) is 44.9 Å². The SMILES string of the molecule is NC1(C2(O)CCCCC2)CC1. The maximum Gasteiger partial charge on any atom is 0.0826 e. The number of rotatable bonds is 1. The van der Waals surface area contributed by atoms with Crippen LogP contribution in [0.2, 0.25) is 0 Å². The minimum atomic E-state index is -0.495. The van der Waals surface area contributed by atoms with Crippen molar-refractivity contribution < 1.29 is 5.11 Å². The maximum absolute atomic E-state index is 10.1. The molecule has 64 valence electrons. The zero-order valence-electron chi connectivity index (χ0n) is 6.97. The molecule has 0 aromatic rings. The standard InChI is InChI=1S/C9H17NO/c10-8(6-7-8)9(11)4-2-1-3-5-9/h11H,1-7,10H2. The first kappa shape index (κ1) is 7.56. The van der Waals surface area contributed by atoms with Crippen LogP contribution in [0.25, 0.3) is 0 Å². The monoisotopic (exact) mass is 155 g/mol. The van der Waals surface area contributed by atoms with Crippen molar-refractivity contribution in [3.05, 3.63) is 0 Å². The first-order valence-electron chi connectivity index (χ1n) is 4.68. The Kier molecular flexibility index (Phi) is 1.52. The van der Waals surface area contributed by atoms with E-state index in [1.165, 1.54) is 6.42 Å². The maximum atomic E-state index is 10.1. The van der Waals surface area contributed by atoms with Crippen molar-refractivity contribution >= 4 is 0 Å². The predicted molar refractivity (Wildman–Crippen MR) is 44.2 cm³/mol. The van der Waals surface area contributed by atoms with Gasteiger partial charge in [-0.3, -0.25) is 0 Å². The van der Waals surface area contributed by atoms with Gasteiger partial charge >= 0.3 is 0 Å². The van der Waals surface area contributed by atoms with E-state index in [2.05, 4.69) is 0 Å². The van der Waals surface area contributed by atoms with Crippen LogP contribution in [-0.4, -0.2) is 16.2 Å². The second-order valence-corrected chi connectivity index (χ2v) is 4.25. The highest BCUT2D eigenvalue weighted by Crippen LogP contribution is 2.48. The second kappa shape index (κ2) is 2.20. The third-order valence-electron chi connectivity index (χ3n) is 3.40. The number of nitrogens with two attached hydrogens (primary N) is 1. The predicted octanol–water partition coefficient (Wildman–Crippen LogP) is 1.17. The summed E-state index contributed by atoms with van der Waals surface area (Å²) >= 11 is 0. The fraction of sp³-hybridized carbons (Fsp3) is 1.00. The molecule has 3 N–H and O–H groups in total. The van der Waals surface area contributed by atoms with Crippen molar-refractivity contribution in [2.45, 2.75) is 56.1 Å². The Morgan fingerprint density at radius 2 is 1.45 bits per heavy atom. The molecule has 0 aliphatic heterocycles. The second-order valence-electron chi connectivity index (χ2n) is 4.25. The Bertz CT molecular complexity index is 157. The van der Waals surface area contributed by atoms with Crippen LogP contribution < -0.4 is 5.73 Å². The van der Waals surface area contributed by atoms with Gasteiger partial charge in [-0.25, -0.2) is 0 Å². The molecule has 2 nitrogen and oxygen atoms in total. The van der Waals surface area contributed by atoms with E-state index >= 15 is 0 Å². The fourth-order valence-electron chi connectivity index (χ4n) is 2.23. The average molecular weight is 155 g/mol. The molecular formula is C9H17NO. The van der Waals surface area contributed by atoms with Gasteiger partial charge in [-0.15, -0.1) is 0 Å². The Morgan fingerprint density at radius 3 is 1.91 bits per heavy atom. The molecule has 2 heteroatoms. The van der Waals surface area contributed by atoms with Crippen molar-refractivity contribution in [3.8, 4) is 0 Å². The van der Waals surface area contributed by atoms with Crippen molar-refractivity contribution in [1.29, 1.82) is 0 Å². The van der Waals surface area contributed by atoms with Crippen LogP contribution in [0.4, 0.5) is 0 Å². The largest absolute Gasteiger partial charge is 0.388 e. The average Bonchev–Trinajstić information content (AvgIpc) is 2.71. The lowest BCUT2D eigenvalue weighted by Gasteiger charge is -2.37. The summed E-state index contributed by atoms with van der Waals surface area (Å²) in [4.78, 5) is 0. The zero-order valence-corrected chi connectivity index (χ0v) is 6.97. The van der Waals surface area contributed by atoms with E-state index in [9.17, 15) is 5.11 Å². The summed E-state index contributed by atoms with van der Waals surface area (Å²) in [5.74, 6) is 0. The smallest absolute Gasteiger partial charge is 0.0826 e. The van der Waals surface area contributed by atoms with Gasteiger partial charge in [-0.1, -0.05) is 19.3 Å². The molecule has 0 bridgehead atoms. The van der Waals surface area contributed by atoms with Gasteiger partial charge in [0.15, 0.2) is 0 Å². The molecule has 0 aromatic heterocycles. The normalized spacial score (nSPS) is 33.3. The van der Waals surface area contributed by atoms with Crippen molar-refractivity contribution in [2.24, 2.45) is 5.73 Å². The molecule has 0 spiro atoms. The quantitative estimate of drug-likeness (QED) is 0.597. The third kappa shape index (κ3) is 1.09. The lowest BCUT2D eigenvalue weighted by Crippen LogP contribution is -2.51. The highest BCUT2D eigenvalue weighted by atomic mass is 16.3. The van der Waals surface area contributed by atoms with Gasteiger partial charge in [-0.2, -0.15) is 0 Å². The van der Waals surface area contributed by atoms with Crippen LogP contribution in [0.15, 0.2) is 0 Å². The molecule has 0 aromatic carbocycles. The van der Waals surface area contributed by atoms with E-state index in [1.807, 2.05) is 0 Å². The van der Waals surface area contributed by atoms with Crippen LogP contribution >= 0.6 is 0 Å². The minimum Gasteiger partial charge on any atom is -0.388 e. The number of hydrogen-bond acceptors (Lipinski definition) is 2. The first-order chi connectivity index (χ1) is 5.16. The molecule has 0 unspecified atom stereocenters. The van der Waals surface area contributed by atoms with E-state index in [4.69, 9.17) is 5.73 Å². The van der Waals surface area contributed by atoms with Gasteiger partial charge in [0.25, 0.3) is 0 Å². The van der Waals surface area contributed by atoms with Crippen LogP contribution in [0, 0.1) is 0 Å². The van der Waals surface area contributed by atoms with Crippen molar-refractivity contribution in [2.75, 3.05) is 0 Å². The molecule has 11 heavy (non-hydrogen) atoms. The molecule has 2 rings (SSSR count). The molecule has 2 aliphatic rings. The van der Waals surface area contributed by atoms with E-state index < -0.39 is 5.60 Å². The molecule has 2 saturated carbocycles. The van der Waals surface area contributed by atoms with Gasteiger partial charge in [0.2, 0.25) is 0 Å². The van der Waals surface area contributed by atoms with Gasteiger partial charge in [0.1, 0.15) is 0 Å². The third-order valence-corrected chi connectivity index (χ3v) is 3.40. The van der Waals surface area contributed by atoms with Crippen LogP contribution in [0.5, 0.6) is 0 Å². The van der Waals surface area contributed by atoms with E-state index in [0.29, 0.717) is 0 Å². The van der Waals surface area contributed by atoms with Crippen LogP contribution in [0.3, 0.4) is 0 Å². The summed E-state index contributed by atoms with van der Waals surface area (Å²) in [6, 6.07) is 0. The first-order valence-corrected chi connectivity index (χ1v) is 4.68. The topological polar surface area (TPSA) is 46.2 Å². The minimum absolute atomic E-state index is 0.187. The van der Waals surface area contributed by atoms with Gasteiger partial charge in [-0.05, 0) is 25.7 Å². The summed E-state index contributed by atoms with van der Waals surface area (Å²) in [6.07, 6.45) is 7.53. The Labute approximate surface area is 67.8 Å². The van der Waals surface area contributed by atoms with Crippen molar-refractivity contribution in [3.63, 3.8) is 0 Å². The highest BCUT2D eigenvalue weighted by molar-refractivity contribution is 5.14. The number of hydrogen-bond donors (Lipinski definition) is 2. The molecular weight excluding hydrogens is 138 g/mol. The molecule has 0 heterocycles. The molecule has 0 atom stereocenters. The zero-order chi connectivity index (χ0) is 7.95. The van der Waals surface area contributed by atoms with E-state index in [-0.39, 0.29) is 5.54 Å². The summed E-state index contributed by atoms with van der Waals surface area (Å²) < 4.78 is 0. The summed E-state index contributed by atoms with van der Waals surface area (Å²) in [6.45, 7) is 0. The molecule has 2 aliphatic carbocycles. The van der Waals surface area contributed by atoms with Crippen molar-refractivity contribution in [1.82, 2.24) is 0 Å².